The number of likely N-dealkylation sites (tertiary alicyclic amines) is 1. The van der Waals surface area contributed by atoms with Crippen molar-refractivity contribution < 1.29 is 9.59 Å². The molecule has 2 heterocycles. The molecule has 1 N–H and O–H groups in total. The van der Waals surface area contributed by atoms with Crippen LogP contribution < -0.4 is 5.32 Å². The van der Waals surface area contributed by atoms with Crippen LogP contribution in [-0.4, -0.2) is 35.3 Å². The first kappa shape index (κ1) is 15.2. The molecule has 20 heavy (non-hydrogen) atoms. The van der Waals surface area contributed by atoms with Gasteiger partial charge in [0.15, 0.2) is 0 Å². The Morgan fingerprint density at radius 2 is 2.15 bits per heavy atom. The number of amides is 2. The Balaban J connectivity index is 1.99. The average Bonchev–Trinajstić information content (AvgIpc) is 2.95. The Morgan fingerprint density at radius 3 is 2.65 bits per heavy atom. The maximum absolute atomic E-state index is 12.2. The van der Waals surface area contributed by atoms with Crippen molar-refractivity contribution in [3.63, 3.8) is 0 Å². The fraction of sp³-hybridized carbons (Fsp3) is 0.600. The zero-order chi connectivity index (χ0) is 14.9. The smallest absolute Gasteiger partial charge is 0.247 e. The molecule has 0 spiro atoms. The monoisotopic (exact) mass is 294 g/mol. The summed E-state index contributed by atoms with van der Waals surface area (Å²) in [6.45, 7) is 8.71. The van der Waals surface area contributed by atoms with Crippen LogP contribution in [-0.2, 0) is 15.0 Å². The van der Waals surface area contributed by atoms with Gasteiger partial charge in [0, 0.05) is 22.9 Å². The van der Waals surface area contributed by atoms with E-state index >= 15 is 0 Å². The van der Waals surface area contributed by atoms with Crippen molar-refractivity contribution >= 4 is 23.2 Å². The second-order valence-corrected chi connectivity index (χ2v) is 7.14. The molecule has 1 aliphatic heterocycles. The van der Waals surface area contributed by atoms with Crippen LogP contribution >= 0.6 is 11.3 Å². The summed E-state index contributed by atoms with van der Waals surface area (Å²) in [4.78, 5) is 26.7. The van der Waals surface area contributed by atoms with Crippen molar-refractivity contribution in [2.75, 3.05) is 6.54 Å². The molecule has 1 aliphatic rings. The normalized spacial score (nSPS) is 20.2. The first-order valence-electron chi connectivity index (χ1n) is 6.96. The number of nitrogens with zero attached hydrogens (tertiary/aromatic N) is 1. The van der Waals surface area contributed by atoms with Gasteiger partial charge in [-0.3, -0.25) is 14.5 Å². The number of nitrogens with one attached hydrogen (secondary N) is 1. The summed E-state index contributed by atoms with van der Waals surface area (Å²) in [7, 11) is 0. The molecule has 0 radical (unpaired) electrons. The molecule has 1 aromatic heterocycles. The molecule has 0 bridgehead atoms. The molecule has 2 amide bonds. The van der Waals surface area contributed by atoms with Crippen LogP contribution in [0.3, 0.4) is 0 Å². The van der Waals surface area contributed by atoms with E-state index in [1.165, 1.54) is 9.78 Å². The van der Waals surface area contributed by atoms with Crippen LogP contribution in [0.5, 0.6) is 0 Å². The lowest BCUT2D eigenvalue weighted by Crippen LogP contribution is -2.45. The van der Waals surface area contributed by atoms with Gasteiger partial charge in [-0.25, -0.2) is 0 Å². The van der Waals surface area contributed by atoms with E-state index in [0.29, 0.717) is 6.54 Å². The van der Waals surface area contributed by atoms with Crippen molar-refractivity contribution in [1.82, 2.24) is 10.2 Å². The van der Waals surface area contributed by atoms with E-state index in [1.54, 1.807) is 11.3 Å². The number of rotatable bonds is 5. The molecule has 1 aromatic rings. The third kappa shape index (κ3) is 2.94. The van der Waals surface area contributed by atoms with E-state index in [9.17, 15) is 9.59 Å². The number of hydrogen-bond donors (Lipinski definition) is 1. The van der Waals surface area contributed by atoms with Crippen LogP contribution in [0.25, 0.3) is 0 Å². The van der Waals surface area contributed by atoms with Crippen molar-refractivity contribution in [3.8, 4) is 0 Å². The van der Waals surface area contributed by atoms with Gasteiger partial charge in [0.1, 0.15) is 0 Å². The minimum atomic E-state index is -0.371. The topological polar surface area (TPSA) is 49.4 Å². The predicted octanol–water partition coefficient (Wildman–Crippen LogP) is 2.15. The van der Waals surface area contributed by atoms with Crippen LogP contribution in [0.1, 0.15) is 39.0 Å². The lowest BCUT2D eigenvalue weighted by Gasteiger charge is -2.26. The van der Waals surface area contributed by atoms with Crippen molar-refractivity contribution in [2.45, 2.75) is 51.6 Å². The summed E-state index contributed by atoms with van der Waals surface area (Å²) < 4.78 is 0. The van der Waals surface area contributed by atoms with Gasteiger partial charge in [0.25, 0.3) is 0 Å². The zero-order valence-corrected chi connectivity index (χ0v) is 13.3. The molecule has 1 saturated heterocycles. The van der Waals surface area contributed by atoms with Crippen LogP contribution in [0.15, 0.2) is 17.5 Å². The fourth-order valence-corrected chi connectivity index (χ4v) is 3.33. The molecule has 1 atom stereocenters. The Kier molecular flexibility index (Phi) is 4.30. The molecule has 5 heteroatoms. The SMILES string of the molecule is CC(C)N1C(=O)CC(NCC(C)(C)c2cccs2)C1=O. The van der Waals surface area contributed by atoms with Gasteiger partial charge in [-0.1, -0.05) is 19.9 Å². The van der Waals surface area contributed by atoms with Crippen molar-refractivity contribution in [2.24, 2.45) is 0 Å². The molecular weight excluding hydrogens is 272 g/mol. The highest BCUT2D eigenvalue weighted by Crippen LogP contribution is 2.27. The summed E-state index contributed by atoms with van der Waals surface area (Å²) in [5, 5.41) is 5.33. The molecule has 2 rings (SSSR count). The highest BCUT2D eigenvalue weighted by molar-refractivity contribution is 7.10. The van der Waals surface area contributed by atoms with Crippen LogP contribution in [0.4, 0.5) is 0 Å². The highest BCUT2D eigenvalue weighted by Gasteiger charge is 2.40. The van der Waals surface area contributed by atoms with Crippen LogP contribution in [0.2, 0.25) is 0 Å². The van der Waals surface area contributed by atoms with E-state index < -0.39 is 0 Å². The Hall–Kier alpha value is -1.20. The summed E-state index contributed by atoms with van der Waals surface area (Å²) in [5.74, 6) is -0.164. The number of imide groups is 1. The van der Waals surface area contributed by atoms with Crippen molar-refractivity contribution in [3.05, 3.63) is 22.4 Å². The molecule has 0 aliphatic carbocycles. The number of carbonyl (C=O) groups excluding carboxylic acids is 2. The quantitative estimate of drug-likeness (QED) is 0.847. The minimum absolute atomic E-state index is 0.0389. The molecule has 1 fully saturated rings. The van der Waals surface area contributed by atoms with Crippen LogP contribution in [0, 0.1) is 0 Å². The van der Waals surface area contributed by atoms with Gasteiger partial charge in [-0.05, 0) is 25.3 Å². The Bertz CT molecular complexity index is 494. The van der Waals surface area contributed by atoms with Gasteiger partial charge in [0.2, 0.25) is 11.8 Å². The third-order valence-electron chi connectivity index (χ3n) is 3.68. The molecule has 0 saturated carbocycles. The van der Waals surface area contributed by atoms with Crippen molar-refractivity contribution in [1.29, 1.82) is 0 Å². The Morgan fingerprint density at radius 1 is 1.45 bits per heavy atom. The summed E-state index contributed by atoms with van der Waals surface area (Å²) in [6, 6.07) is 3.71. The first-order chi connectivity index (χ1) is 9.33. The predicted molar refractivity (Wildman–Crippen MR) is 80.7 cm³/mol. The first-order valence-corrected chi connectivity index (χ1v) is 7.84. The van der Waals surface area contributed by atoms with Gasteiger partial charge in [0.05, 0.1) is 12.5 Å². The average molecular weight is 294 g/mol. The van der Waals surface area contributed by atoms with E-state index in [4.69, 9.17) is 0 Å². The molecule has 4 nitrogen and oxygen atoms in total. The van der Waals surface area contributed by atoms with E-state index in [1.807, 2.05) is 19.9 Å². The van der Waals surface area contributed by atoms with Gasteiger partial charge < -0.3 is 5.32 Å². The lowest BCUT2D eigenvalue weighted by atomic mass is 9.91. The maximum atomic E-state index is 12.2. The standard InChI is InChI=1S/C15H22N2O2S/c1-10(2)17-13(18)8-11(14(17)19)16-9-15(3,4)12-6-5-7-20-12/h5-7,10-11,16H,8-9H2,1-4H3. The molecule has 0 aromatic carbocycles. The van der Waals surface area contributed by atoms with Gasteiger partial charge >= 0.3 is 0 Å². The third-order valence-corrected chi connectivity index (χ3v) is 4.91. The largest absolute Gasteiger partial charge is 0.305 e. The van der Waals surface area contributed by atoms with E-state index in [2.05, 4.69) is 30.6 Å². The van der Waals surface area contributed by atoms with Gasteiger partial charge in [-0.2, -0.15) is 0 Å². The lowest BCUT2D eigenvalue weighted by molar-refractivity contribution is -0.140. The molecular formula is C15H22N2O2S. The summed E-state index contributed by atoms with van der Waals surface area (Å²) >= 11 is 1.72. The number of thiophene rings is 1. The summed E-state index contributed by atoms with van der Waals surface area (Å²) in [6.07, 6.45) is 0.275. The number of carbonyl (C=O) groups is 2. The fourth-order valence-electron chi connectivity index (χ4n) is 2.48. The summed E-state index contributed by atoms with van der Waals surface area (Å²) in [5.41, 5.74) is -0.0389. The number of hydrogen-bond acceptors (Lipinski definition) is 4. The second kappa shape index (κ2) is 5.66. The van der Waals surface area contributed by atoms with E-state index in [0.717, 1.165) is 0 Å². The second-order valence-electron chi connectivity index (χ2n) is 6.19. The molecule has 110 valence electrons. The minimum Gasteiger partial charge on any atom is -0.305 e. The molecule has 1 unspecified atom stereocenters. The van der Waals surface area contributed by atoms with Gasteiger partial charge in [-0.15, -0.1) is 11.3 Å². The highest BCUT2D eigenvalue weighted by atomic mass is 32.1. The van der Waals surface area contributed by atoms with E-state index in [-0.39, 0.29) is 35.7 Å². The maximum Gasteiger partial charge on any atom is 0.247 e. The Labute approximate surface area is 124 Å². The zero-order valence-electron chi connectivity index (χ0n) is 12.5.